The molecule has 0 unspecified atom stereocenters. The highest BCUT2D eigenvalue weighted by Crippen LogP contribution is 1.74. The summed E-state index contributed by atoms with van der Waals surface area (Å²) in [7, 11) is 0. The molecule has 0 spiro atoms. The van der Waals surface area contributed by atoms with E-state index in [4.69, 9.17) is 11.6 Å². The maximum Gasteiger partial charge on any atom is 0.339 e. The van der Waals surface area contributed by atoms with Crippen molar-refractivity contribution < 1.29 is 10.0 Å². The van der Waals surface area contributed by atoms with E-state index in [1.165, 1.54) is 0 Å². The number of nitrogens with two attached hydrogens (primary N) is 1. The number of terminal acetylenes is 1. The molecule has 0 aliphatic carbocycles. The molecule has 3 N–H and O–H groups in total. The van der Waals surface area contributed by atoms with Crippen LogP contribution in [0.4, 0.5) is 4.79 Å². The van der Waals surface area contributed by atoms with Gasteiger partial charge in [-0.15, -0.1) is 6.42 Å². The molecule has 4 heteroatoms. The summed E-state index contributed by atoms with van der Waals surface area (Å²) in [5.41, 5.74) is 4.56. The Bertz CT molecular complexity index is 126. The number of rotatable bonds is 1. The minimum atomic E-state index is -0.942. The maximum atomic E-state index is 9.89. The van der Waals surface area contributed by atoms with E-state index in [1.54, 1.807) is 0 Å². The number of hydrogen-bond donors (Lipinski definition) is 2. The highest BCUT2D eigenvalue weighted by atomic mass is 16.5. The number of hydrogen-bond acceptors (Lipinski definition) is 2. The topological polar surface area (TPSA) is 66.6 Å². The lowest BCUT2D eigenvalue weighted by molar-refractivity contribution is -0.0269. The van der Waals surface area contributed by atoms with Gasteiger partial charge < -0.3 is 5.73 Å². The van der Waals surface area contributed by atoms with Crippen LogP contribution in [-0.4, -0.2) is 22.8 Å². The minimum Gasteiger partial charge on any atom is -0.350 e. The lowest BCUT2D eigenvalue weighted by Gasteiger charge is -2.05. The molecule has 0 heterocycles. The van der Waals surface area contributed by atoms with Gasteiger partial charge in [0.15, 0.2) is 0 Å². The third kappa shape index (κ3) is 2.05. The van der Waals surface area contributed by atoms with Crippen LogP contribution in [0, 0.1) is 12.3 Å². The van der Waals surface area contributed by atoms with Gasteiger partial charge in [-0.05, 0) is 0 Å². The van der Waals surface area contributed by atoms with Crippen LogP contribution < -0.4 is 5.73 Å². The molecule has 0 aliphatic rings. The van der Waals surface area contributed by atoms with Gasteiger partial charge in [0.25, 0.3) is 0 Å². The van der Waals surface area contributed by atoms with E-state index in [-0.39, 0.29) is 11.6 Å². The SMILES string of the molecule is C#CCN(O)C(N)=O. The number of carbonyl (C=O) groups excluding carboxylic acids is 1. The summed E-state index contributed by atoms with van der Waals surface area (Å²) >= 11 is 0. The highest BCUT2D eigenvalue weighted by Gasteiger charge is 1.99. The summed E-state index contributed by atoms with van der Waals surface area (Å²) in [5, 5.41) is 8.59. The zero-order valence-corrected chi connectivity index (χ0v) is 4.16. The first-order chi connectivity index (χ1) is 3.68. The molecule has 44 valence electrons. The fourth-order valence-electron chi connectivity index (χ4n) is 0.164. The normalized spacial score (nSPS) is 7.50. The van der Waals surface area contributed by atoms with E-state index < -0.39 is 6.03 Å². The predicted molar refractivity (Wildman–Crippen MR) is 26.9 cm³/mol. The van der Waals surface area contributed by atoms with Crippen molar-refractivity contribution in [3.63, 3.8) is 0 Å². The average molecular weight is 114 g/mol. The Kier molecular flexibility index (Phi) is 2.45. The van der Waals surface area contributed by atoms with Crippen LogP contribution in [0.3, 0.4) is 0 Å². The van der Waals surface area contributed by atoms with Crippen molar-refractivity contribution in [1.82, 2.24) is 5.06 Å². The molecule has 0 aromatic heterocycles. The molecule has 8 heavy (non-hydrogen) atoms. The van der Waals surface area contributed by atoms with Gasteiger partial charge in [-0.3, -0.25) is 5.21 Å². The second-order valence-corrected chi connectivity index (χ2v) is 1.10. The average Bonchev–Trinajstić information content (AvgIpc) is 1.67. The number of urea groups is 1. The van der Waals surface area contributed by atoms with E-state index >= 15 is 0 Å². The first kappa shape index (κ1) is 6.79. The van der Waals surface area contributed by atoms with Crippen molar-refractivity contribution in [2.45, 2.75) is 0 Å². The van der Waals surface area contributed by atoms with Crippen LogP contribution in [0.15, 0.2) is 0 Å². The van der Waals surface area contributed by atoms with E-state index in [9.17, 15) is 4.79 Å². The number of carbonyl (C=O) groups is 1. The van der Waals surface area contributed by atoms with Crippen molar-refractivity contribution in [2.75, 3.05) is 6.54 Å². The van der Waals surface area contributed by atoms with Crippen molar-refractivity contribution in [2.24, 2.45) is 5.73 Å². The lowest BCUT2D eigenvalue weighted by atomic mass is 10.6. The summed E-state index contributed by atoms with van der Waals surface area (Å²) in [6, 6.07) is -0.942. The zero-order chi connectivity index (χ0) is 6.57. The predicted octanol–water partition coefficient (Wildman–Crippen LogP) is -0.610. The molecule has 0 saturated heterocycles. The summed E-state index contributed by atoms with van der Waals surface area (Å²) in [5.74, 6) is 2.02. The van der Waals surface area contributed by atoms with Crippen molar-refractivity contribution in [1.29, 1.82) is 0 Å². The minimum absolute atomic E-state index is 0.171. The monoisotopic (exact) mass is 114 g/mol. The van der Waals surface area contributed by atoms with Gasteiger partial charge in [0, 0.05) is 0 Å². The van der Waals surface area contributed by atoms with Crippen molar-refractivity contribution >= 4 is 6.03 Å². The lowest BCUT2D eigenvalue weighted by Crippen LogP contribution is -2.32. The van der Waals surface area contributed by atoms with E-state index in [0.717, 1.165) is 0 Å². The van der Waals surface area contributed by atoms with Gasteiger partial charge in [0.2, 0.25) is 0 Å². The second-order valence-electron chi connectivity index (χ2n) is 1.10. The smallest absolute Gasteiger partial charge is 0.339 e. The molecule has 0 radical (unpaired) electrons. The molecular weight excluding hydrogens is 108 g/mol. The van der Waals surface area contributed by atoms with E-state index in [0.29, 0.717) is 0 Å². The van der Waals surface area contributed by atoms with Gasteiger partial charge in [0.05, 0.1) is 0 Å². The molecule has 0 rings (SSSR count). The van der Waals surface area contributed by atoms with Crippen molar-refractivity contribution in [3.05, 3.63) is 0 Å². The van der Waals surface area contributed by atoms with Crippen molar-refractivity contribution in [3.8, 4) is 12.3 Å². The fourth-order valence-corrected chi connectivity index (χ4v) is 0.164. The Hall–Kier alpha value is -1.21. The van der Waals surface area contributed by atoms with Gasteiger partial charge in [0.1, 0.15) is 6.54 Å². The highest BCUT2D eigenvalue weighted by molar-refractivity contribution is 5.70. The molecular formula is C4H6N2O2. The molecule has 0 bridgehead atoms. The Morgan fingerprint density at radius 2 is 2.50 bits per heavy atom. The van der Waals surface area contributed by atoms with Crippen LogP contribution in [0.1, 0.15) is 0 Å². The van der Waals surface area contributed by atoms with E-state index in [1.807, 2.05) is 5.92 Å². The first-order valence-electron chi connectivity index (χ1n) is 1.87. The zero-order valence-electron chi connectivity index (χ0n) is 4.16. The molecule has 0 fully saturated rings. The van der Waals surface area contributed by atoms with Crippen LogP contribution in [0.25, 0.3) is 0 Å². The van der Waals surface area contributed by atoms with Crippen LogP contribution >= 0.6 is 0 Å². The molecule has 0 aromatic carbocycles. The Balaban J connectivity index is 3.52. The molecule has 0 aromatic rings. The van der Waals surface area contributed by atoms with Crippen LogP contribution in [0.5, 0.6) is 0 Å². The Labute approximate surface area is 46.8 Å². The molecule has 0 aliphatic heterocycles. The number of amides is 2. The number of nitrogens with zero attached hydrogens (tertiary/aromatic N) is 1. The van der Waals surface area contributed by atoms with E-state index in [2.05, 4.69) is 5.73 Å². The van der Waals surface area contributed by atoms with Gasteiger partial charge in [-0.2, -0.15) is 5.06 Å². The summed E-state index contributed by atoms with van der Waals surface area (Å²) in [6.45, 7) is -0.171. The second kappa shape index (κ2) is 2.88. The number of primary amides is 1. The quantitative estimate of drug-likeness (QED) is 0.271. The molecule has 0 atom stereocenters. The molecule has 0 saturated carbocycles. The summed E-state index contributed by atoms with van der Waals surface area (Å²) < 4.78 is 0. The third-order valence-corrected chi connectivity index (χ3v) is 0.495. The van der Waals surface area contributed by atoms with Gasteiger partial charge in [-0.25, -0.2) is 4.79 Å². The standard InChI is InChI=1S/C4H6N2O2/c1-2-3-6(8)4(5)7/h1,8H,3H2,(H2,5,7). The van der Waals surface area contributed by atoms with Crippen LogP contribution in [-0.2, 0) is 0 Å². The Morgan fingerprint density at radius 3 is 2.62 bits per heavy atom. The molecule has 4 nitrogen and oxygen atoms in total. The molecule has 2 amide bonds. The largest absolute Gasteiger partial charge is 0.350 e. The summed E-state index contributed by atoms with van der Waals surface area (Å²) in [4.78, 5) is 9.89. The van der Waals surface area contributed by atoms with Gasteiger partial charge >= 0.3 is 6.03 Å². The Morgan fingerprint density at radius 1 is 2.00 bits per heavy atom. The van der Waals surface area contributed by atoms with Crippen LogP contribution in [0.2, 0.25) is 0 Å². The van der Waals surface area contributed by atoms with Gasteiger partial charge in [-0.1, -0.05) is 5.92 Å². The third-order valence-electron chi connectivity index (χ3n) is 0.495. The fraction of sp³-hybridized carbons (Fsp3) is 0.250. The first-order valence-corrected chi connectivity index (χ1v) is 1.87. The number of hydroxylamine groups is 2. The summed E-state index contributed by atoms with van der Waals surface area (Å²) in [6.07, 6.45) is 4.71. The maximum absolute atomic E-state index is 9.89.